The first-order chi connectivity index (χ1) is 3.73. The summed E-state index contributed by atoms with van der Waals surface area (Å²) in [6.07, 6.45) is 0. The SMILES string of the molecule is O=S(=O)(O)O.[O-][Br+2]([O-])O. The van der Waals surface area contributed by atoms with Crippen LogP contribution in [0, 0.1) is 14.8 Å². The Labute approximate surface area is 56.0 Å². The van der Waals surface area contributed by atoms with E-state index in [9.17, 15) is 0 Å². The van der Waals surface area contributed by atoms with Crippen LogP contribution in [-0.2, 0) is 10.4 Å². The standard InChI is InChI=1S/BrHO3.H2O4S/c2-1(3)4;1-5(2,3)4/h2H;(H2,1,2,3,4). The molecule has 0 aliphatic heterocycles. The van der Waals surface area contributed by atoms with Gasteiger partial charge in [0, 0.05) is 0 Å². The van der Waals surface area contributed by atoms with Crippen molar-refractivity contribution in [2.24, 2.45) is 0 Å². The van der Waals surface area contributed by atoms with Crippen LogP contribution in [-0.4, -0.2) is 21.7 Å². The average molecular weight is 227 g/mol. The lowest BCUT2D eigenvalue weighted by atomic mass is 15.8. The van der Waals surface area contributed by atoms with E-state index in [1.807, 2.05) is 0 Å². The van der Waals surface area contributed by atoms with Crippen molar-refractivity contribution < 1.29 is 44.9 Å². The summed E-state index contributed by atoms with van der Waals surface area (Å²) in [6.45, 7) is 0. The lowest BCUT2D eigenvalue weighted by Gasteiger charge is -1.69. The molecule has 58 valence electrons. The van der Waals surface area contributed by atoms with E-state index in [-0.39, 0.29) is 0 Å². The van der Waals surface area contributed by atoms with Crippen LogP contribution < -0.4 is 8.40 Å². The second-order valence-corrected chi connectivity index (χ2v) is 2.39. The number of halogens is 1. The van der Waals surface area contributed by atoms with Gasteiger partial charge in [0.05, 0.1) is 0 Å². The maximum atomic E-state index is 8.74. The van der Waals surface area contributed by atoms with Gasteiger partial charge in [-0.15, -0.1) is 0 Å². The van der Waals surface area contributed by atoms with Gasteiger partial charge in [-0.1, -0.05) is 0 Å². The molecule has 0 aliphatic rings. The lowest BCUT2D eigenvalue weighted by molar-refractivity contribution is -1.63. The molecule has 0 fully saturated rings. The molecule has 0 radical (unpaired) electrons. The van der Waals surface area contributed by atoms with E-state index in [0.717, 1.165) is 0 Å². The maximum absolute atomic E-state index is 8.74. The minimum atomic E-state index is -4.67. The Morgan fingerprint density at radius 3 is 1.22 bits per heavy atom. The van der Waals surface area contributed by atoms with Crippen LogP contribution in [0.5, 0.6) is 0 Å². The summed E-state index contributed by atoms with van der Waals surface area (Å²) in [5, 5.41) is 0. The van der Waals surface area contributed by atoms with Crippen LogP contribution in [0.25, 0.3) is 0 Å². The van der Waals surface area contributed by atoms with Crippen molar-refractivity contribution in [1.82, 2.24) is 0 Å². The molecule has 0 aromatic rings. The zero-order chi connectivity index (χ0) is 8.08. The Morgan fingerprint density at radius 1 is 1.22 bits per heavy atom. The van der Waals surface area contributed by atoms with Crippen LogP contribution in [0.4, 0.5) is 0 Å². The van der Waals surface area contributed by atoms with Crippen molar-refractivity contribution >= 4 is 10.4 Å². The van der Waals surface area contributed by atoms with E-state index in [4.69, 9.17) is 30.1 Å². The molecule has 0 rings (SSSR count). The average Bonchev–Trinajstić information content (AvgIpc) is 1.19. The van der Waals surface area contributed by atoms with Gasteiger partial charge in [-0.05, 0) is 4.20 Å². The van der Waals surface area contributed by atoms with E-state index in [1.165, 1.54) is 0 Å². The summed E-state index contributed by atoms with van der Waals surface area (Å²) in [5.41, 5.74) is 0. The molecule has 0 saturated heterocycles. The quantitative estimate of drug-likeness (QED) is 0.363. The molecule has 0 atom stereocenters. The highest BCUT2D eigenvalue weighted by Crippen LogP contribution is 1.59. The maximum Gasteiger partial charge on any atom is 0.433 e. The highest BCUT2D eigenvalue weighted by Gasteiger charge is 1.86. The van der Waals surface area contributed by atoms with Crippen LogP contribution in [0.1, 0.15) is 0 Å². The molecule has 9 heteroatoms. The second kappa shape index (κ2) is 5.05. The van der Waals surface area contributed by atoms with Crippen molar-refractivity contribution in [3.8, 4) is 0 Å². The van der Waals surface area contributed by atoms with E-state index in [1.54, 1.807) is 0 Å². The van der Waals surface area contributed by atoms with E-state index >= 15 is 0 Å². The Balaban J connectivity index is 0. The molecular formula is H3BrO7S. The molecule has 0 saturated carbocycles. The fourth-order valence-corrected chi connectivity index (χ4v) is 0. The molecule has 0 spiro atoms. The molecule has 0 aromatic heterocycles. The van der Waals surface area contributed by atoms with Gasteiger partial charge in [0.15, 0.2) is 0 Å². The van der Waals surface area contributed by atoms with Crippen molar-refractivity contribution in [2.75, 3.05) is 0 Å². The molecule has 0 heterocycles. The van der Waals surface area contributed by atoms with Crippen LogP contribution >= 0.6 is 0 Å². The number of hydrogen-bond acceptors (Lipinski definition) is 5. The van der Waals surface area contributed by atoms with Gasteiger partial charge in [-0.3, -0.25) is 9.11 Å². The summed E-state index contributed by atoms with van der Waals surface area (Å²) in [5.74, 6) is 0. The van der Waals surface area contributed by atoms with Gasteiger partial charge < -0.3 is 8.40 Å². The Hall–Kier alpha value is 0.230. The summed E-state index contributed by atoms with van der Waals surface area (Å²) >= 11 is -3.40. The normalized spacial score (nSPS) is 10.4. The molecule has 0 amide bonds. The summed E-state index contributed by atoms with van der Waals surface area (Å²) in [7, 11) is -4.67. The Morgan fingerprint density at radius 2 is 1.22 bits per heavy atom. The van der Waals surface area contributed by atoms with Gasteiger partial charge in [0.1, 0.15) is 0 Å². The minimum Gasteiger partial charge on any atom is -0.372 e. The largest absolute Gasteiger partial charge is 0.433 e. The van der Waals surface area contributed by atoms with Gasteiger partial charge >= 0.3 is 25.2 Å². The van der Waals surface area contributed by atoms with Crippen LogP contribution in [0.15, 0.2) is 0 Å². The smallest absolute Gasteiger partial charge is 0.372 e. The van der Waals surface area contributed by atoms with Crippen LogP contribution in [0.2, 0.25) is 0 Å². The molecule has 7 nitrogen and oxygen atoms in total. The number of hydrogen-bond donors (Lipinski definition) is 3. The predicted octanol–water partition coefficient (Wildman–Crippen LogP) is -3.59. The lowest BCUT2D eigenvalue weighted by Crippen LogP contribution is -2.30. The van der Waals surface area contributed by atoms with E-state index in [2.05, 4.69) is 0 Å². The molecule has 0 unspecified atom stereocenters. The summed E-state index contributed by atoms with van der Waals surface area (Å²) in [4.78, 5) is 0. The Kier molecular flexibility index (Phi) is 6.71. The van der Waals surface area contributed by atoms with Crippen molar-refractivity contribution in [1.29, 1.82) is 0 Å². The summed E-state index contributed by atoms with van der Waals surface area (Å²) in [6, 6.07) is 0. The minimum absolute atomic E-state index is 3.40. The monoisotopic (exact) mass is 226 g/mol. The first-order valence-electron chi connectivity index (χ1n) is 1.18. The first-order valence-corrected chi connectivity index (χ1v) is 4.58. The van der Waals surface area contributed by atoms with Gasteiger partial charge in [0.2, 0.25) is 0 Å². The zero-order valence-corrected chi connectivity index (χ0v) is 6.16. The third-order valence-electron chi connectivity index (χ3n) is 0. The zero-order valence-electron chi connectivity index (χ0n) is 3.76. The summed E-state index contributed by atoms with van der Waals surface area (Å²) < 4.78 is 55.9. The molecule has 3 N–H and O–H groups in total. The third kappa shape index (κ3) is 6040. The van der Waals surface area contributed by atoms with Gasteiger partial charge in [0.25, 0.3) is 0 Å². The second-order valence-electron chi connectivity index (χ2n) is 0.649. The van der Waals surface area contributed by atoms with Crippen molar-refractivity contribution in [2.45, 2.75) is 0 Å². The number of rotatable bonds is 0. The molecule has 0 aliphatic carbocycles. The topological polar surface area (TPSA) is 141 Å². The van der Waals surface area contributed by atoms with Crippen LogP contribution in [0.3, 0.4) is 0 Å². The van der Waals surface area contributed by atoms with Gasteiger partial charge in [-0.2, -0.15) is 8.42 Å². The van der Waals surface area contributed by atoms with E-state index in [0.29, 0.717) is 0 Å². The van der Waals surface area contributed by atoms with Crippen molar-refractivity contribution in [3.63, 3.8) is 0 Å². The van der Waals surface area contributed by atoms with Gasteiger partial charge in [-0.25, -0.2) is 0 Å². The predicted molar refractivity (Wildman–Crippen MR) is 16.4 cm³/mol. The molecular weight excluding hydrogens is 224 g/mol. The highest BCUT2D eigenvalue weighted by molar-refractivity contribution is 7.79. The third-order valence-corrected chi connectivity index (χ3v) is 0. The molecule has 0 bridgehead atoms. The highest BCUT2D eigenvalue weighted by atomic mass is 80.0. The fourth-order valence-electron chi connectivity index (χ4n) is 0. The first kappa shape index (κ1) is 12.0. The van der Waals surface area contributed by atoms with E-state index < -0.39 is 25.2 Å². The fraction of sp³-hybridized carbons (Fsp3) is 0. The molecule has 9 heavy (non-hydrogen) atoms. The van der Waals surface area contributed by atoms with Crippen molar-refractivity contribution in [3.05, 3.63) is 0 Å². The molecule has 0 aromatic carbocycles. The Bertz CT molecular complexity index is 120.